The van der Waals surface area contributed by atoms with E-state index in [9.17, 15) is 4.79 Å². The van der Waals surface area contributed by atoms with E-state index >= 15 is 0 Å². The maximum Gasteiger partial charge on any atom is 0.317 e. The highest BCUT2D eigenvalue weighted by atomic mass is 16.2. The normalized spacial score (nSPS) is 22.5. The monoisotopic (exact) mass is 210 g/mol. The lowest BCUT2D eigenvalue weighted by atomic mass is 9.85. The summed E-state index contributed by atoms with van der Waals surface area (Å²) < 4.78 is 0. The Kier molecular flexibility index (Phi) is 3.49. The number of rotatable bonds is 3. The quantitative estimate of drug-likeness (QED) is 0.762. The molecule has 86 valence electrons. The third kappa shape index (κ3) is 2.86. The van der Waals surface area contributed by atoms with Crippen LogP contribution in [0.5, 0.6) is 0 Å². The Hall–Kier alpha value is -0.730. The van der Waals surface area contributed by atoms with Crippen molar-refractivity contribution in [2.75, 3.05) is 13.6 Å². The van der Waals surface area contributed by atoms with E-state index in [1.165, 1.54) is 44.9 Å². The Balaban J connectivity index is 1.68. The lowest BCUT2D eigenvalue weighted by Gasteiger charge is -2.30. The first-order valence-electron chi connectivity index (χ1n) is 6.27. The van der Waals surface area contributed by atoms with Crippen molar-refractivity contribution in [1.82, 2.24) is 10.2 Å². The Morgan fingerprint density at radius 1 is 1.20 bits per heavy atom. The molecule has 1 N–H and O–H groups in total. The Morgan fingerprint density at radius 3 is 2.40 bits per heavy atom. The Labute approximate surface area is 92.2 Å². The summed E-state index contributed by atoms with van der Waals surface area (Å²) in [5.41, 5.74) is 0. The van der Waals surface area contributed by atoms with Crippen LogP contribution in [0.2, 0.25) is 0 Å². The summed E-state index contributed by atoms with van der Waals surface area (Å²) in [6.45, 7) is 0.943. The lowest BCUT2D eigenvalue weighted by Crippen LogP contribution is -2.44. The largest absolute Gasteiger partial charge is 0.335 e. The average molecular weight is 210 g/mol. The Morgan fingerprint density at radius 2 is 1.87 bits per heavy atom. The van der Waals surface area contributed by atoms with Crippen molar-refractivity contribution in [2.45, 2.75) is 51.0 Å². The van der Waals surface area contributed by atoms with Gasteiger partial charge in [-0.2, -0.15) is 0 Å². The topological polar surface area (TPSA) is 32.3 Å². The summed E-state index contributed by atoms with van der Waals surface area (Å²) in [6.07, 6.45) is 8.85. The van der Waals surface area contributed by atoms with Gasteiger partial charge in [-0.3, -0.25) is 0 Å². The molecule has 2 saturated carbocycles. The van der Waals surface area contributed by atoms with Crippen molar-refractivity contribution in [1.29, 1.82) is 0 Å². The molecule has 0 heterocycles. The highest BCUT2D eigenvalue weighted by molar-refractivity contribution is 5.74. The second-order valence-corrected chi connectivity index (χ2v) is 5.11. The van der Waals surface area contributed by atoms with Gasteiger partial charge in [0.25, 0.3) is 0 Å². The van der Waals surface area contributed by atoms with Crippen molar-refractivity contribution < 1.29 is 4.79 Å². The van der Waals surface area contributed by atoms with Gasteiger partial charge in [0.05, 0.1) is 0 Å². The molecule has 2 aliphatic carbocycles. The smallest absolute Gasteiger partial charge is 0.317 e. The maximum absolute atomic E-state index is 11.8. The minimum Gasteiger partial charge on any atom is -0.335 e. The first-order valence-corrected chi connectivity index (χ1v) is 6.27. The molecule has 0 unspecified atom stereocenters. The van der Waals surface area contributed by atoms with E-state index in [1.807, 2.05) is 11.9 Å². The molecule has 2 rings (SSSR count). The van der Waals surface area contributed by atoms with Gasteiger partial charge >= 0.3 is 6.03 Å². The van der Waals surface area contributed by atoms with Crippen LogP contribution in [0.15, 0.2) is 0 Å². The average Bonchev–Trinajstić information content (AvgIpc) is 2.63. The molecule has 3 nitrogen and oxygen atoms in total. The first kappa shape index (κ1) is 10.8. The third-order valence-corrected chi connectivity index (χ3v) is 3.79. The summed E-state index contributed by atoms with van der Waals surface area (Å²) in [7, 11) is 1.92. The van der Waals surface area contributed by atoms with Gasteiger partial charge in [-0.25, -0.2) is 4.79 Å². The molecule has 0 saturated heterocycles. The second-order valence-electron chi connectivity index (χ2n) is 5.11. The number of nitrogens with zero attached hydrogens (tertiary/aromatic N) is 1. The van der Waals surface area contributed by atoms with Crippen LogP contribution in [-0.2, 0) is 0 Å². The number of carbonyl (C=O) groups is 1. The predicted octanol–water partition coefficient (Wildman–Crippen LogP) is 2.37. The van der Waals surface area contributed by atoms with Crippen LogP contribution in [-0.4, -0.2) is 30.6 Å². The minimum absolute atomic E-state index is 0.133. The van der Waals surface area contributed by atoms with Gasteiger partial charge in [0.1, 0.15) is 0 Å². The number of hydrogen-bond acceptors (Lipinski definition) is 1. The van der Waals surface area contributed by atoms with Gasteiger partial charge in [-0.15, -0.1) is 0 Å². The zero-order valence-electron chi connectivity index (χ0n) is 9.67. The number of nitrogens with one attached hydrogen (secondary N) is 1. The third-order valence-electron chi connectivity index (χ3n) is 3.79. The van der Waals surface area contributed by atoms with Crippen LogP contribution in [0.4, 0.5) is 4.79 Å². The van der Waals surface area contributed by atoms with E-state index in [0.717, 1.165) is 12.5 Å². The van der Waals surface area contributed by atoms with Crippen LogP contribution in [0, 0.1) is 5.92 Å². The summed E-state index contributed by atoms with van der Waals surface area (Å²) in [6, 6.07) is 0.579. The standard InChI is InChI=1S/C12H22N2O/c1-14(9-10-5-4-6-10)12(15)13-11-7-2-3-8-11/h10-11H,2-9H2,1H3,(H,13,15). The molecule has 3 heteroatoms. The van der Waals surface area contributed by atoms with Crippen molar-refractivity contribution in [3.05, 3.63) is 0 Å². The summed E-state index contributed by atoms with van der Waals surface area (Å²) in [5, 5.41) is 3.12. The zero-order valence-corrected chi connectivity index (χ0v) is 9.67. The molecule has 2 aliphatic rings. The van der Waals surface area contributed by atoms with E-state index in [2.05, 4.69) is 5.32 Å². The van der Waals surface area contributed by atoms with Crippen LogP contribution in [0.1, 0.15) is 44.9 Å². The molecule has 15 heavy (non-hydrogen) atoms. The van der Waals surface area contributed by atoms with Crippen molar-refractivity contribution in [2.24, 2.45) is 5.92 Å². The van der Waals surface area contributed by atoms with Gasteiger partial charge in [0, 0.05) is 19.6 Å². The number of hydrogen-bond donors (Lipinski definition) is 1. The van der Waals surface area contributed by atoms with Gasteiger partial charge in [-0.05, 0) is 31.6 Å². The fourth-order valence-electron chi connectivity index (χ4n) is 2.50. The van der Waals surface area contributed by atoms with E-state index in [4.69, 9.17) is 0 Å². The Bertz CT molecular complexity index is 220. The van der Waals surface area contributed by atoms with Crippen LogP contribution in [0.3, 0.4) is 0 Å². The molecule has 0 atom stereocenters. The molecule has 0 aliphatic heterocycles. The van der Waals surface area contributed by atoms with E-state index < -0.39 is 0 Å². The fraction of sp³-hybridized carbons (Fsp3) is 0.917. The van der Waals surface area contributed by atoms with Crippen molar-refractivity contribution in [3.8, 4) is 0 Å². The number of carbonyl (C=O) groups excluding carboxylic acids is 1. The zero-order chi connectivity index (χ0) is 10.7. The predicted molar refractivity (Wildman–Crippen MR) is 60.8 cm³/mol. The molecule has 0 aromatic rings. The molecule has 2 amide bonds. The van der Waals surface area contributed by atoms with Gasteiger partial charge in [-0.1, -0.05) is 19.3 Å². The molecule has 0 aromatic heterocycles. The van der Waals surface area contributed by atoms with Gasteiger partial charge < -0.3 is 10.2 Å². The fourth-order valence-corrected chi connectivity index (χ4v) is 2.50. The van der Waals surface area contributed by atoms with Crippen molar-refractivity contribution in [3.63, 3.8) is 0 Å². The van der Waals surface area contributed by atoms with Crippen LogP contribution >= 0.6 is 0 Å². The summed E-state index contributed by atoms with van der Waals surface area (Å²) in [5.74, 6) is 0.768. The molecule has 0 aromatic carbocycles. The SMILES string of the molecule is CN(CC1CCC1)C(=O)NC1CCCC1. The molecular weight excluding hydrogens is 188 g/mol. The van der Waals surface area contributed by atoms with E-state index in [-0.39, 0.29) is 6.03 Å². The van der Waals surface area contributed by atoms with Gasteiger partial charge in [0.2, 0.25) is 0 Å². The van der Waals surface area contributed by atoms with Crippen LogP contribution in [0.25, 0.3) is 0 Å². The molecule has 0 spiro atoms. The van der Waals surface area contributed by atoms with E-state index in [0.29, 0.717) is 6.04 Å². The van der Waals surface area contributed by atoms with E-state index in [1.54, 1.807) is 0 Å². The highest BCUT2D eigenvalue weighted by Crippen LogP contribution is 2.26. The number of urea groups is 1. The summed E-state index contributed by atoms with van der Waals surface area (Å²) >= 11 is 0. The summed E-state index contributed by atoms with van der Waals surface area (Å²) in [4.78, 5) is 13.7. The minimum atomic E-state index is 0.133. The highest BCUT2D eigenvalue weighted by Gasteiger charge is 2.23. The van der Waals surface area contributed by atoms with Crippen LogP contribution < -0.4 is 5.32 Å². The molecular formula is C12H22N2O. The first-order chi connectivity index (χ1) is 7.25. The van der Waals surface area contributed by atoms with Crippen molar-refractivity contribution >= 4 is 6.03 Å². The van der Waals surface area contributed by atoms with Gasteiger partial charge in [0.15, 0.2) is 0 Å². The maximum atomic E-state index is 11.8. The molecule has 0 radical (unpaired) electrons. The lowest BCUT2D eigenvalue weighted by molar-refractivity contribution is 0.179. The number of amides is 2. The molecule has 0 bridgehead atoms. The second kappa shape index (κ2) is 4.86. The molecule has 2 fully saturated rings.